The van der Waals surface area contributed by atoms with Gasteiger partial charge in [0, 0.05) is 18.8 Å². The Bertz CT molecular complexity index is 555. The van der Waals surface area contributed by atoms with Gasteiger partial charge in [-0.05, 0) is 19.1 Å². The van der Waals surface area contributed by atoms with Gasteiger partial charge in [-0.3, -0.25) is 0 Å². The molecule has 0 amide bonds. The molecule has 0 atom stereocenters. The van der Waals surface area contributed by atoms with Crippen molar-refractivity contribution in [2.24, 2.45) is 7.05 Å². The molecule has 0 radical (unpaired) electrons. The van der Waals surface area contributed by atoms with Gasteiger partial charge in [0.1, 0.15) is 0 Å². The van der Waals surface area contributed by atoms with E-state index in [1.807, 2.05) is 0 Å². The van der Waals surface area contributed by atoms with Crippen LogP contribution in [0.25, 0.3) is 0 Å². The number of rotatable bonds is 7. The van der Waals surface area contributed by atoms with Crippen molar-refractivity contribution in [1.29, 1.82) is 0 Å². The standard InChI is InChI=1S/C14H22N4O2S2/c1-6-8-15-13(21)16-11-10(12(19)20-7-2)18(5)14(17-11)22-9(3)4/h6,9H,1,7-8H2,2-5H3,(H2,15,16,21). The van der Waals surface area contributed by atoms with Crippen LogP contribution in [-0.2, 0) is 11.8 Å². The molecule has 0 saturated heterocycles. The summed E-state index contributed by atoms with van der Waals surface area (Å²) >= 11 is 6.74. The van der Waals surface area contributed by atoms with Gasteiger partial charge in [-0.2, -0.15) is 0 Å². The molecule has 1 heterocycles. The van der Waals surface area contributed by atoms with E-state index in [1.54, 1.807) is 36.4 Å². The molecule has 0 fully saturated rings. The van der Waals surface area contributed by atoms with Gasteiger partial charge in [0.15, 0.2) is 21.8 Å². The van der Waals surface area contributed by atoms with Gasteiger partial charge >= 0.3 is 5.97 Å². The van der Waals surface area contributed by atoms with Crippen molar-refractivity contribution in [2.45, 2.75) is 31.2 Å². The van der Waals surface area contributed by atoms with Gasteiger partial charge in [-0.25, -0.2) is 9.78 Å². The molecule has 8 heteroatoms. The molecular weight excluding hydrogens is 320 g/mol. The van der Waals surface area contributed by atoms with Gasteiger partial charge < -0.3 is 19.9 Å². The van der Waals surface area contributed by atoms with Crippen molar-refractivity contribution in [3.05, 3.63) is 18.3 Å². The number of thioether (sulfide) groups is 1. The average molecular weight is 342 g/mol. The van der Waals surface area contributed by atoms with Crippen LogP contribution in [0.5, 0.6) is 0 Å². The highest BCUT2D eigenvalue weighted by molar-refractivity contribution is 7.99. The van der Waals surface area contributed by atoms with Crippen molar-refractivity contribution in [3.8, 4) is 0 Å². The quantitative estimate of drug-likeness (QED) is 0.342. The first-order chi connectivity index (χ1) is 10.4. The van der Waals surface area contributed by atoms with Gasteiger partial charge in [-0.15, -0.1) is 6.58 Å². The summed E-state index contributed by atoms with van der Waals surface area (Å²) in [7, 11) is 1.79. The molecule has 122 valence electrons. The molecule has 0 unspecified atom stereocenters. The van der Waals surface area contributed by atoms with Crippen LogP contribution in [0.4, 0.5) is 5.82 Å². The third-order valence-corrected chi connectivity index (χ3v) is 3.80. The van der Waals surface area contributed by atoms with Crippen molar-refractivity contribution >= 4 is 40.9 Å². The lowest BCUT2D eigenvalue weighted by molar-refractivity contribution is 0.0515. The fourth-order valence-electron chi connectivity index (χ4n) is 1.63. The van der Waals surface area contributed by atoms with Gasteiger partial charge in [0.25, 0.3) is 0 Å². The van der Waals surface area contributed by atoms with Gasteiger partial charge in [0.2, 0.25) is 0 Å². The van der Waals surface area contributed by atoms with E-state index in [1.165, 1.54) is 0 Å². The molecular formula is C14H22N4O2S2. The Hall–Kier alpha value is -1.54. The highest BCUT2D eigenvalue weighted by atomic mass is 32.2. The Morgan fingerprint density at radius 3 is 2.82 bits per heavy atom. The first-order valence-electron chi connectivity index (χ1n) is 6.96. The van der Waals surface area contributed by atoms with Crippen LogP contribution in [-0.4, -0.2) is 39.0 Å². The summed E-state index contributed by atoms with van der Waals surface area (Å²) in [6, 6.07) is 0. The average Bonchev–Trinajstić information content (AvgIpc) is 2.72. The third kappa shape index (κ3) is 5.03. The summed E-state index contributed by atoms with van der Waals surface area (Å²) < 4.78 is 6.82. The minimum absolute atomic E-state index is 0.301. The highest BCUT2D eigenvalue weighted by Crippen LogP contribution is 2.27. The predicted octanol–water partition coefficient (Wildman–Crippen LogP) is 2.57. The lowest BCUT2D eigenvalue weighted by Crippen LogP contribution is -2.29. The summed E-state index contributed by atoms with van der Waals surface area (Å²) in [5, 5.41) is 7.34. The minimum Gasteiger partial charge on any atom is -0.461 e. The third-order valence-electron chi connectivity index (χ3n) is 2.50. The molecule has 22 heavy (non-hydrogen) atoms. The number of nitrogens with one attached hydrogen (secondary N) is 2. The molecule has 1 aromatic rings. The van der Waals surface area contributed by atoms with Crippen LogP contribution in [0.3, 0.4) is 0 Å². The number of nitrogens with zero attached hydrogens (tertiary/aromatic N) is 2. The molecule has 1 rings (SSSR count). The molecule has 0 spiro atoms. The largest absolute Gasteiger partial charge is 0.461 e. The number of ether oxygens (including phenoxy) is 1. The zero-order valence-electron chi connectivity index (χ0n) is 13.3. The molecule has 0 aliphatic heterocycles. The van der Waals surface area contributed by atoms with Crippen LogP contribution in [0, 0.1) is 0 Å². The first-order valence-corrected chi connectivity index (χ1v) is 8.25. The fourth-order valence-corrected chi connectivity index (χ4v) is 2.63. The maximum Gasteiger partial charge on any atom is 0.358 e. The number of carbonyl (C=O) groups excluding carboxylic acids is 1. The van der Waals surface area contributed by atoms with E-state index in [0.717, 1.165) is 5.16 Å². The normalized spacial score (nSPS) is 10.4. The summed E-state index contributed by atoms with van der Waals surface area (Å²) in [6.45, 7) is 10.3. The Labute approximate surface area is 140 Å². The number of aromatic nitrogens is 2. The zero-order valence-corrected chi connectivity index (χ0v) is 14.9. The number of carbonyl (C=O) groups is 1. The molecule has 0 saturated carbocycles. The summed E-state index contributed by atoms with van der Waals surface area (Å²) in [6.07, 6.45) is 1.69. The number of hydrogen-bond acceptors (Lipinski definition) is 5. The second-order valence-corrected chi connectivity index (χ2v) is 6.61. The van der Waals surface area contributed by atoms with Gasteiger partial charge in [-0.1, -0.05) is 31.7 Å². The second-order valence-electron chi connectivity index (χ2n) is 4.66. The number of anilines is 1. The van der Waals surface area contributed by atoms with Crippen molar-refractivity contribution in [1.82, 2.24) is 14.9 Å². The predicted molar refractivity (Wildman–Crippen MR) is 94.6 cm³/mol. The van der Waals surface area contributed by atoms with Crippen molar-refractivity contribution in [3.63, 3.8) is 0 Å². The monoisotopic (exact) mass is 342 g/mol. The van der Waals surface area contributed by atoms with Crippen LogP contribution >= 0.6 is 24.0 Å². The summed E-state index contributed by atoms with van der Waals surface area (Å²) in [5.41, 5.74) is 0.354. The molecule has 0 bridgehead atoms. The molecule has 1 aromatic heterocycles. The van der Waals surface area contributed by atoms with E-state index < -0.39 is 5.97 Å². The fraction of sp³-hybridized carbons (Fsp3) is 0.500. The van der Waals surface area contributed by atoms with E-state index in [4.69, 9.17) is 17.0 Å². The molecule has 0 aromatic carbocycles. The summed E-state index contributed by atoms with van der Waals surface area (Å²) in [5.74, 6) is -0.0345. The van der Waals surface area contributed by atoms with Gasteiger partial charge in [0.05, 0.1) is 6.61 Å². The SMILES string of the molecule is C=CCNC(=S)Nc1nc(SC(C)C)n(C)c1C(=O)OCC. The van der Waals surface area contributed by atoms with E-state index >= 15 is 0 Å². The highest BCUT2D eigenvalue weighted by Gasteiger charge is 2.23. The Kier molecular flexibility index (Phi) is 7.40. The molecule has 0 aliphatic carbocycles. The topological polar surface area (TPSA) is 68.2 Å². The van der Waals surface area contributed by atoms with Crippen LogP contribution < -0.4 is 10.6 Å². The Balaban J connectivity index is 3.08. The van der Waals surface area contributed by atoms with E-state index in [9.17, 15) is 4.79 Å². The van der Waals surface area contributed by atoms with E-state index in [0.29, 0.717) is 35.0 Å². The van der Waals surface area contributed by atoms with Crippen molar-refractivity contribution < 1.29 is 9.53 Å². The molecule has 6 nitrogen and oxygen atoms in total. The number of imidazole rings is 1. The van der Waals surface area contributed by atoms with Crippen LogP contribution in [0.1, 0.15) is 31.3 Å². The Morgan fingerprint density at radius 2 is 2.27 bits per heavy atom. The first kappa shape index (κ1) is 18.5. The smallest absolute Gasteiger partial charge is 0.358 e. The van der Waals surface area contributed by atoms with Crippen LogP contribution in [0.2, 0.25) is 0 Å². The van der Waals surface area contributed by atoms with E-state index in [-0.39, 0.29) is 0 Å². The number of esters is 1. The molecule has 2 N–H and O–H groups in total. The number of thiocarbonyl (C=S) groups is 1. The van der Waals surface area contributed by atoms with Crippen molar-refractivity contribution in [2.75, 3.05) is 18.5 Å². The van der Waals surface area contributed by atoms with Crippen LogP contribution in [0.15, 0.2) is 17.8 Å². The lowest BCUT2D eigenvalue weighted by atomic mass is 10.4. The summed E-state index contributed by atoms with van der Waals surface area (Å²) in [4.78, 5) is 16.6. The van der Waals surface area contributed by atoms with E-state index in [2.05, 4.69) is 36.0 Å². The lowest BCUT2D eigenvalue weighted by Gasteiger charge is -2.09. The second kappa shape index (κ2) is 8.79. The Morgan fingerprint density at radius 1 is 1.59 bits per heavy atom. The zero-order chi connectivity index (χ0) is 16.7. The maximum atomic E-state index is 12.2. The maximum absolute atomic E-state index is 12.2. The molecule has 0 aliphatic rings. The minimum atomic E-state index is -0.429. The number of hydrogen-bond donors (Lipinski definition) is 2.